The van der Waals surface area contributed by atoms with E-state index in [9.17, 15) is 4.79 Å². The smallest absolute Gasteiger partial charge is 0.262 e. The van der Waals surface area contributed by atoms with Crippen LogP contribution >= 0.6 is 0 Å². The van der Waals surface area contributed by atoms with Crippen LogP contribution in [0.1, 0.15) is 0 Å². The molecule has 0 saturated heterocycles. The molecule has 0 aliphatic rings. The summed E-state index contributed by atoms with van der Waals surface area (Å²) in [6.07, 6.45) is 3.50. The van der Waals surface area contributed by atoms with E-state index in [1.54, 1.807) is 23.0 Å². The Morgan fingerprint density at radius 1 is 1.20 bits per heavy atom. The number of pyridine rings is 1. The summed E-state index contributed by atoms with van der Waals surface area (Å²) in [6.45, 7) is -0.0194. The van der Waals surface area contributed by atoms with E-state index in [1.807, 2.05) is 42.5 Å². The minimum atomic E-state index is -0.197. The van der Waals surface area contributed by atoms with Gasteiger partial charge < -0.3 is 10.1 Å². The van der Waals surface area contributed by atoms with Gasteiger partial charge in [0.2, 0.25) is 0 Å². The molecule has 2 aromatic heterocycles. The molecule has 0 aliphatic heterocycles. The van der Waals surface area contributed by atoms with Crippen LogP contribution in [0.25, 0.3) is 5.52 Å². The van der Waals surface area contributed by atoms with Crippen molar-refractivity contribution >= 4 is 17.1 Å². The SMILES string of the molecule is O=C(COc1ccccc1)Nc1ccn2nccc2c1. The van der Waals surface area contributed by atoms with Gasteiger partial charge in [-0.3, -0.25) is 4.79 Å². The van der Waals surface area contributed by atoms with Gasteiger partial charge in [-0.1, -0.05) is 18.2 Å². The quantitative estimate of drug-likeness (QED) is 0.789. The minimum absolute atomic E-state index is 0.0194. The zero-order valence-electron chi connectivity index (χ0n) is 10.7. The molecule has 0 radical (unpaired) electrons. The number of hydrogen-bond donors (Lipinski definition) is 1. The number of aromatic nitrogens is 2. The molecule has 1 aromatic carbocycles. The molecule has 1 N–H and O–H groups in total. The minimum Gasteiger partial charge on any atom is -0.484 e. The van der Waals surface area contributed by atoms with E-state index in [1.165, 1.54) is 0 Å². The number of ether oxygens (including phenoxy) is 1. The summed E-state index contributed by atoms with van der Waals surface area (Å²) < 4.78 is 7.12. The van der Waals surface area contributed by atoms with Crippen molar-refractivity contribution in [2.24, 2.45) is 0 Å². The molecular formula is C15H13N3O2. The number of fused-ring (bicyclic) bond motifs is 1. The molecule has 0 atom stereocenters. The van der Waals surface area contributed by atoms with Crippen molar-refractivity contribution in [3.8, 4) is 5.75 Å². The Bertz CT molecular complexity index is 722. The molecule has 1 amide bonds. The second kappa shape index (κ2) is 5.44. The lowest BCUT2D eigenvalue weighted by atomic mass is 10.3. The molecule has 0 aliphatic carbocycles. The molecule has 0 bridgehead atoms. The number of anilines is 1. The first kappa shape index (κ1) is 12.2. The number of hydrogen-bond acceptors (Lipinski definition) is 3. The maximum Gasteiger partial charge on any atom is 0.262 e. The van der Waals surface area contributed by atoms with Crippen molar-refractivity contribution in [1.82, 2.24) is 9.61 Å². The number of carbonyl (C=O) groups is 1. The van der Waals surface area contributed by atoms with Gasteiger partial charge in [-0.05, 0) is 30.3 Å². The third kappa shape index (κ3) is 2.77. The molecule has 5 heteroatoms. The summed E-state index contributed by atoms with van der Waals surface area (Å²) in [4.78, 5) is 11.8. The van der Waals surface area contributed by atoms with Crippen LogP contribution in [0.4, 0.5) is 5.69 Å². The van der Waals surface area contributed by atoms with E-state index in [-0.39, 0.29) is 12.5 Å². The van der Waals surface area contributed by atoms with Crippen LogP contribution in [0.3, 0.4) is 0 Å². The number of para-hydroxylation sites is 1. The molecule has 100 valence electrons. The van der Waals surface area contributed by atoms with Crippen molar-refractivity contribution < 1.29 is 9.53 Å². The summed E-state index contributed by atoms with van der Waals surface area (Å²) >= 11 is 0. The first-order valence-corrected chi connectivity index (χ1v) is 6.22. The van der Waals surface area contributed by atoms with Crippen molar-refractivity contribution in [2.45, 2.75) is 0 Å². The second-order valence-corrected chi connectivity index (χ2v) is 4.27. The maximum atomic E-state index is 11.8. The lowest BCUT2D eigenvalue weighted by molar-refractivity contribution is -0.118. The Morgan fingerprint density at radius 2 is 2.05 bits per heavy atom. The summed E-state index contributed by atoms with van der Waals surface area (Å²) in [7, 11) is 0. The molecular weight excluding hydrogens is 254 g/mol. The average Bonchev–Trinajstić information content (AvgIpc) is 2.94. The Morgan fingerprint density at radius 3 is 2.90 bits per heavy atom. The monoisotopic (exact) mass is 267 g/mol. The Labute approximate surface area is 115 Å². The van der Waals surface area contributed by atoms with Gasteiger partial charge in [0.25, 0.3) is 5.91 Å². The molecule has 0 saturated carbocycles. The van der Waals surface area contributed by atoms with E-state index in [4.69, 9.17) is 4.74 Å². The number of rotatable bonds is 4. The summed E-state index contributed by atoms with van der Waals surface area (Å²) in [6, 6.07) is 14.8. The first-order valence-electron chi connectivity index (χ1n) is 6.22. The third-order valence-corrected chi connectivity index (χ3v) is 2.80. The van der Waals surface area contributed by atoms with E-state index >= 15 is 0 Å². The number of nitrogens with one attached hydrogen (secondary N) is 1. The average molecular weight is 267 g/mol. The predicted octanol–water partition coefficient (Wildman–Crippen LogP) is 2.35. The molecule has 3 aromatic rings. The first-order chi connectivity index (χ1) is 9.81. The third-order valence-electron chi connectivity index (χ3n) is 2.80. The van der Waals surface area contributed by atoms with Gasteiger partial charge in [0, 0.05) is 18.1 Å². The normalized spacial score (nSPS) is 10.4. The molecule has 0 fully saturated rings. The van der Waals surface area contributed by atoms with Crippen molar-refractivity contribution in [2.75, 3.05) is 11.9 Å². The summed E-state index contributed by atoms with van der Waals surface area (Å²) in [5.41, 5.74) is 1.64. The Kier molecular flexibility index (Phi) is 3.33. The topological polar surface area (TPSA) is 55.6 Å². The van der Waals surface area contributed by atoms with E-state index in [0.29, 0.717) is 5.75 Å². The van der Waals surface area contributed by atoms with Crippen molar-refractivity contribution in [3.05, 3.63) is 60.9 Å². The van der Waals surface area contributed by atoms with Crippen LogP contribution in [0.2, 0.25) is 0 Å². The van der Waals surface area contributed by atoms with Crippen LogP contribution in [0.15, 0.2) is 60.9 Å². The Hall–Kier alpha value is -2.82. The lowest BCUT2D eigenvalue weighted by Gasteiger charge is -2.07. The fourth-order valence-corrected chi connectivity index (χ4v) is 1.86. The maximum absolute atomic E-state index is 11.8. The van der Waals surface area contributed by atoms with Crippen molar-refractivity contribution in [1.29, 1.82) is 0 Å². The van der Waals surface area contributed by atoms with E-state index in [0.717, 1.165) is 11.2 Å². The van der Waals surface area contributed by atoms with Crippen LogP contribution in [-0.2, 0) is 4.79 Å². The van der Waals surface area contributed by atoms with Gasteiger partial charge in [0.15, 0.2) is 6.61 Å². The highest BCUT2D eigenvalue weighted by atomic mass is 16.5. The van der Waals surface area contributed by atoms with Crippen LogP contribution < -0.4 is 10.1 Å². The number of nitrogens with zero attached hydrogens (tertiary/aromatic N) is 2. The second-order valence-electron chi connectivity index (χ2n) is 4.27. The van der Waals surface area contributed by atoms with Crippen LogP contribution in [0, 0.1) is 0 Å². The highest BCUT2D eigenvalue weighted by Gasteiger charge is 2.04. The van der Waals surface area contributed by atoms with Gasteiger partial charge >= 0.3 is 0 Å². The number of amides is 1. The Balaban J connectivity index is 1.61. The largest absolute Gasteiger partial charge is 0.484 e. The highest BCUT2D eigenvalue weighted by molar-refractivity contribution is 5.92. The molecule has 0 spiro atoms. The fourth-order valence-electron chi connectivity index (χ4n) is 1.86. The van der Waals surface area contributed by atoms with Gasteiger partial charge in [-0.15, -0.1) is 0 Å². The standard InChI is InChI=1S/C15H13N3O2/c19-15(11-20-14-4-2-1-3-5-14)17-12-7-9-18-13(10-12)6-8-16-18/h1-10H,11H2,(H,17,19). The van der Waals surface area contributed by atoms with Gasteiger partial charge in [-0.25, -0.2) is 4.52 Å². The number of carbonyl (C=O) groups excluding carboxylic acids is 1. The number of benzene rings is 1. The molecule has 20 heavy (non-hydrogen) atoms. The van der Waals surface area contributed by atoms with E-state index < -0.39 is 0 Å². The fraction of sp³-hybridized carbons (Fsp3) is 0.0667. The van der Waals surface area contributed by atoms with Gasteiger partial charge in [0.05, 0.1) is 5.52 Å². The summed E-state index contributed by atoms with van der Waals surface area (Å²) in [5, 5.41) is 6.88. The molecule has 5 nitrogen and oxygen atoms in total. The zero-order chi connectivity index (χ0) is 13.8. The predicted molar refractivity (Wildman–Crippen MR) is 75.8 cm³/mol. The van der Waals surface area contributed by atoms with Crippen molar-refractivity contribution in [3.63, 3.8) is 0 Å². The van der Waals surface area contributed by atoms with Crippen LogP contribution in [-0.4, -0.2) is 22.1 Å². The van der Waals surface area contributed by atoms with Gasteiger partial charge in [-0.2, -0.15) is 5.10 Å². The van der Waals surface area contributed by atoms with Gasteiger partial charge in [0.1, 0.15) is 5.75 Å². The zero-order valence-corrected chi connectivity index (χ0v) is 10.7. The highest BCUT2D eigenvalue weighted by Crippen LogP contribution is 2.12. The van der Waals surface area contributed by atoms with E-state index in [2.05, 4.69) is 10.4 Å². The lowest BCUT2D eigenvalue weighted by Crippen LogP contribution is -2.20. The molecule has 3 rings (SSSR count). The summed E-state index contributed by atoms with van der Waals surface area (Å²) in [5.74, 6) is 0.478. The molecule has 0 unspecified atom stereocenters. The van der Waals surface area contributed by atoms with Crippen LogP contribution in [0.5, 0.6) is 5.75 Å². The molecule has 2 heterocycles.